The van der Waals surface area contributed by atoms with Crippen LogP contribution in [0.25, 0.3) is 0 Å². The number of hydrogen-bond donors (Lipinski definition) is 1. The van der Waals surface area contributed by atoms with Crippen LogP contribution >= 0.6 is 0 Å². The predicted octanol–water partition coefficient (Wildman–Crippen LogP) is 4.06. The zero-order valence-corrected chi connectivity index (χ0v) is 12.4. The third-order valence-corrected chi connectivity index (χ3v) is 3.95. The van der Waals surface area contributed by atoms with Gasteiger partial charge in [-0.05, 0) is 37.8 Å². The van der Waals surface area contributed by atoms with Crippen molar-refractivity contribution in [2.45, 2.75) is 58.4 Å². The molecule has 1 unspecified atom stereocenters. The summed E-state index contributed by atoms with van der Waals surface area (Å²) in [6, 6.07) is 4.91. The van der Waals surface area contributed by atoms with Crippen molar-refractivity contribution in [2.75, 3.05) is 23.3 Å². The number of aromatic nitrogens is 1. The lowest BCUT2D eigenvalue weighted by Crippen LogP contribution is -2.20. The molecule has 1 atom stereocenters. The molecule has 1 aromatic heterocycles. The molecule has 1 saturated heterocycles. The fraction of sp³-hybridized carbons (Fsp3) is 0.688. The lowest BCUT2D eigenvalue weighted by Gasteiger charge is -2.19. The van der Waals surface area contributed by atoms with E-state index in [1.165, 1.54) is 38.5 Å². The van der Waals surface area contributed by atoms with E-state index in [1.807, 2.05) is 6.20 Å². The van der Waals surface area contributed by atoms with Gasteiger partial charge in [-0.15, -0.1) is 0 Å². The standard InChI is InChI=1S/C16H27N3/c1-3-5-8-14(4-2)18-15-9-10-16(17-13-15)19-11-6-7-12-19/h9-10,13-14,18H,3-8,11-12H2,1-2H3. The molecule has 106 valence electrons. The minimum Gasteiger partial charge on any atom is -0.381 e. The van der Waals surface area contributed by atoms with E-state index in [4.69, 9.17) is 0 Å². The van der Waals surface area contributed by atoms with Gasteiger partial charge >= 0.3 is 0 Å². The number of nitrogens with one attached hydrogen (secondary N) is 1. The molecule has 0 aliphatic carbocycles. The Morgan fingerprint density at radius 1 is 1.26 bits per heavy atom. The van der Waals surface area contributed by atoms with Gasteiger partial charge in [0, 0.05) is 19.1 Å². The lowest BCUT2D eigenvalue weighted by atomic mass is 10.1. The molecule has 0 radical (unpaired) electrons. The maximum absolute atomic E-state index is 4.59. The molecular formula is C16H27N3. The zero-order chi connectivity index (χ0) is 13.5. The Labute approximate surface area is 117 Å². The van der Waals surface area contributed by atoms with Crippen LogP contribution in [0.3, 0.4) is 0 Å². The molecule has 0 saturated carbocycles. The van der Waals surface area contributed by atoms with E-state index < -0.39 is 0 Å². The van der Waals surface area contributed by atoms with Crippen molar-refractivity contribution in [1.29, 1.82) is 0 Å². The molecule has 1 aliphatic rings. The number of pyridine rings is 1. The first-order chi connectivity index (χ1) is 9.33. The van der Waals surface area contributed by atoms with Gasteiger partial charge in [-0.25, -0.2) is 4.98 Å². The molecule has 1 N–H and O–H groups in total. The summed E-state index contributed by atoms with van der Waals surface area (Å²) in [7, 11) is 0. The number of anilines is 2. The molecule has 1 aromatic rings. The second-order valence-electron chi connectivity index (χ2n) is 5.49. The lowest BCUT2D eigenvalue weighted by molar-refractivity contribution is 0.593. The second kappa shape index (κ2) is 7.37. The zero-order valence-electron chi connectivity index (χ0n) is 12.4. The number of hydrogen-bond acceptors (Lipinski definition) is 3. The minimum absolute atomic E-state index is 0.583. The first-order valence-electron chi connectivity index (χ1n) is 7.81. The second-order valence-corrected chi connectivity index (χ2v) is 5.49. The third-order valence-electron chi connectivity index (χ3n) is 3.95. The number of rotatable bonds is 7. The Morgan fingerprint density at radius 2 is 2.05 bits per heavy atom. The molecule has 0 spiro atoms. The van der Waals surface area contributed by atoms with Gasteiger partial charge in [0.1, 0.15) is 5.82 Å². The molecule has 19 heavy (non-hydrogen) atoms. The van der Waals surface area contributed by atoms with Gasteiger partial charge in [-0.2, -0.15) is 0 Å². The van der Waals surface area contributed by atoms with Gasteiger partial charge in [0.25, 0.3) is 0 Å². The van der Waals surface area contributed by atoms with E-state index in [0.717, 1.165) is 24.6 Å². The molecule has 1 fully saturated rings. The Bertz CT molecular complexity index is 355. The van der Waals surface area contributed by atoms with Crippen LogP contribution in [0.5, 0.6) is 0 Å². The van der Waals surface area contributed by atoms with E-state index in [-0.39, 0.29) is 0 Å². The minimum atomic E-state index is 0.583. The first kappa shape index (κ1) is 14.2. The van der Waals surface area contributed by atoms with Crippen molar-refractivity contribution < 1.29 is 0 Å². The van der Waals surface area contributed by atoms with Crippen molar-refractivity contribution in [2.24, 2.45) is 0 Å². The van der Waals surface area contributed by atoms with Crippen molar-refractivity contribution in [3.63, 3.8) is 0 Å². The summed E-state index contributed by atoms with van der Waals surface area (Å²) in [5, 5.41) is 3.60. The molecule has 0 aromatic carbocycles. The SMILES string of the molecule is CCCCC(CC)Nc1ccc(N2CCCC2)nc1. The van der Waals surface area contributed by atoms with Gasteiger partial charge in [0.2, 0.25) is 0 Å². The van der Waals surface area contributed by atoms with Crippen LogP contribution in [-0.4, -0.2) is 24.1 Å². The maximum Gasteiger partial charge on any atom is 0.128 e. The Kier molecular flexibility index (Phi) is 5.49. The summed E-state index contributed by atoms with van der Waals surface area (Å²) in [5.41, 5.74) is 1.16. The molecule has 3 heteroatoms. The molecule has 1 aliphatic heterocycles. The summed E-state index contributed by atoms with van der Waals surface area (Å²) in [6.45, 7) is 6.82. The topological polar surface area (TPSA) is 28.2 Å². The summed E-state index contributed by atoms with van der Waals surface area (Å²) in [5.74, 6) is 1.13. The van der Waals surface area contributed by atoms with Crippen LogP contribution in [0.15, 0.2) is 18.3 Å². The molecule has 2 rings (SSSR count). The summed E-state index contributed by atoms with van der Waals surface area (Å²) >= 11 is 0. The quantitative estimate of drug-likeness (QED) is 0.802. The Hall–Kier alpha value is -1.25. The summed E-state index contributed by atoms with van der Waals surface area (Å²) < 4.78 is 0. The molecular weight excluding hydrogens is 234 g/mol. The molecule has 0 bridgehead atoms. The van der Waals surface area contributed by atoms with E-state index in [9.17, 15) is 0 Å². The van der Waals surface area contributed by atoms with Crippen molar-refractivity contribution in [1.82, 2.24) is 4.98 Å². The molecule has 3 nitrogen and oxygen atoms in total. The van der Waals surface area contributed by atoms with E-state index in [2.05, 4.69) is 41.2 Å². The van der Waals surface area contributed by atoms with Crippen molar-refractivity contribution in [3.8, 4) is 0 Å². The fourth-order valence-corrected chi connectivity index (χ4v) is 2.67. The summed E-state index contributed by atoms with van der Waals surface area (Å²) in [6.07, 6.45) is 9.58. The van der Waals surface area contributed by atoms with Gasteiger partial charge < -0.3 is 10.2 Å². The largest absolute Gasteiger partial charge is 0.381 e. The highest BCUT2D eigenvalue weighted by Gasteiger charge is 2.13. The van der Waals surface area contributed by atoms with Gasteiger partial charge in [0.15, 0.2) is 0 Å². The van der Waals surface area contributed by atoms with Crippen molar-refractivity contribution >= 4 is 11.5 Å². The van der Waals surface area contributed by atoms with Gasteiger partial charge in [-0.3, -0.25) is 0 Å². The van der Waals surface area contributed by atoms with Gasteiger partial charge in [-0.1, -0.05) is 26.7 Å². The first-order valence-corrected chi connectivity index (χ1v) is 7.81. The maximum atomic E-state index is 4.59. The molecule has 2 heterocycles. The average molecular weight is 261 g/mol. The molecule has 0 amide bonds. The Morgan fingerprint density at radius 3 is 2.63 bits per heavy atom. The summed E-state index contributed by atoms with van der Waals surface area (Å²) in [4.78, 5) is 6.96. The Balaban J connectivity index is 1.89. The highest BCUT2D eigenvalue weighted by molar-refractivity contribution is 5.49. The fourth-order valence-electron chi connectivity index (χ4n) is 2.67. The van der Waals surface area contributed by atoms with Crippen LogP contribution in [0.2, 0.25) is 0 Å². The van der Waals surface area contributed by atoms with Gasteiger partial charge in [0.05, 0.1) is 11.9 Å². The number of nitrogens with zero attached hydrogens (tertiary/aromatic N) is 2. The van der Waals surface area contributed by atoms with E-state index in [0.29, 0.717) is 6.04 Å². The van der Waals surface area contributed by atoms with Crippen LogP contribution in [0, 0.1) is 0 Å². The van der Waals surface area contributed by atoms with Crippen LogP contribution < -0.4 is 10.2 Å². The van der Waals surface area contributed by atoms with E-state index >= 15 is 0 Å². The van der Waals surface area contributed by atoms with E-state index in [1.54, 1.807) is 0 Å². The highest BCUT2D eigenvalue weighted by atomic mass is 15.2. The average Bonchev–Trinajstić information content (AvgIpc) is 2.98. The van der Waals surface area contributed by atoms with Crippen LogP contribution in [-0.2, 0) is 0 Å². The third kappa shape index (κ3) is 4.12. The smallest absolute Gasteiger partial charge is 0.128 e. The van der Waals surface area contributed by atoms with Crippen LogP contribution in [0.4, 0.5) is 11.5 Å². The number of unbranched alkanes of at least 4 members (excludes halogenated alkanes) is 1. The van der Waals surface area contributed by atoms with Crippen molar-refractivity contribution in [3.05, 3.63) is 18.3 Å². The predicted molar refractivity (Wildman–Crippen MR) is 82.9 cm³/mol. The normalized spacial score (nSPS) is 16.6. The van der Waals surface area contributed by atoms with Crippen LogP contribution in [0.1, 0.15) is 52.4 Å². The monoisotopic (exact) mass is 261 g/mol. The highest BCUT2D eigenvalue weighted by Crippen LogP contribution is 2.20.